The Balaban J connectivity index is 1.45. The maximum Gasteiger partial charge on any atom is 0.309 e. The number of esters is 1. The highest BCUT2D eigenvalue weighted by atomic mass is 16.7. The zero-order chi connectivity index (χ0) is 25.6. The van der Waals surface area contributed by atoms with E-state index in [0.29, 0.717) is 25.7 Å². The quantitative estimate of drug-likeness (QED) is 0.329. The number of methoxy groups -OCH3 is 1. The average Bonchev–Trinajstić information content (AvgIpc) is 3.37. The minimum absolute atomic E-state index is 0.0140. The van der Waals surface area contributed by atoms with Crippen LogP contribution in [-0.4, -0.2) is 48.9 Å². The van der Waals surface area contributed by atoms with Gasteiger partial charge in [-0.3, -0.25) is 14.4 Å². The number of allylic oxidation sites excluding steroid dienone is 4. The lowest BCUT2D eigenvalue weighted by Crippen LogP contribution is -2.58. The molecule has 0 spiro atoms. The summed E-state index contributed by atoms with van der Waals surface area (Å²) in [4.78, 5) is 37.8. The fourth-order valence-corrected chi connectivity index (χ4v) is 9.24. The molecule has 12 atom stereocenters. The molecule has 0 aromatic heterocycles. The van der Waals surface area contributed by atoms with Crippen molar-refractivity contribution in [1.82, 2.24) is 0 Å². The van der Waals surface area contributed by atoms with Gasteiger partial charge in [0.05, 0.1) is 11.3 Å². The molecule has 2 saturated heterocycles. The number of carbonyl (C=O) groups is 3. The molecular weight excluding hydrogens is 460 g/mol. The Bertz CT molecular complexity index is 1050. The average molecular weight is 499 g/mol. The molecule has 2 heterocycles. The fraction of sp³-hybridized carbons (Fsp3) is 0.759. The first-order chi connectivity index (χ1) is 17.1. The van der Waals surface area contributed by atoms with Gasteiger partial charge < -0.3 is 18.9 Å². The fourth-order valence-electron chi connectivity index (χ4n) is 9.24. The molecule has 0 N–H and O–H groups in total. The van der Waals surface area contributed by atoms with Crippen molar-refractivity contribution in [2.75, 3.05) is 7.11 Å². The summed E-state index contributed by atoms with van der Waals surface area (Å²) in [6.07, 6.45) is 8.86. The monoisotopic (exact) mass is 498 g/mol. The molecule has 7 heteroatoms. The van der Waals surface area contributed by atoms with Gasteiger partial charge in [0.2, 0.25) is 0 Å². The van der Waals surface area contributed by atoms with E-state index in [2.05, 4.69) is 19.9 Å². The highest BCUT2D eigenvalue weighted by molar-refractivity contribution is 5.98. The maximum absolute atomic E-state index is 13.4. The van der Waals surface area contributed by atoms with Crippen LogP contribution in [0, 0.1) is 46.8 Å². The van der Waals surface area contributed by atoms with E-state index in [0.717, 1.165) is 12.8 Å². The van der Waals surface area contributed by atoms with Gasteiger partial charge in [-0.2, -0.15) is 0 Å². The van der Waals surface area contributed by atoms with E-state index >= 15 is 0 Å². The van der Waals surface area contributed by atoms with Crippen molar-refractivity contribution >= 4 is 18.2 Å². The first-order valence-corrected chi connectivity index (χ1v) is 13.6. The van der Waals surface area contributed by atoms with Gasteiger partial charge in [0.25, 0.3) is 6.47 Å². The Kier molecular flexibility index (Phi) is 5.41. The van der Waals surface area contributed by atoms with E-state index in [-0.39, 0.29) is 59.3 Å². The minimum Gasteiger partial charge on any atom is -0.464 e. The number of carbonyl (C=O) groups excluding carboxylic acids is 3. The summed E-state index contributed by atoms with van der Waals surface area (Å²) in [5.41, 5.74) is -0.258. The molecule has 2 saturated carbocycles. The number of ether oxygens (including phenoxy) is 4. The van der Waals surface area contributed by atoms with Crippen LogP contribution in [-0.2, 0) is 33.3 Å². The van der Waals surface area contributed by atoms with E-state index in [1.807, 2.05) is 19.9 Å². The normalized spacial score (nSPS) is 53.1. The largest absolute Gasteiger partial charge is 0.464 e. The molecule has 4 aliphatic carbocycles. The number of hydrogen-bond donors (Lipinski definition) is 0. The molecule has 6 aliphatic rings. The summed E-state index contributed by atoms with van der Waals surface area (Å²) in [5, 5.41) is 0. The minimum atomic E-state index is -0.933. The van der Waals surface area contributed by atoms with E-state index in [1.165, 1.54) is 5.57 Å². The van der Waals surface area contributed by atoms with Gasteiger partial charge in [0, 0.05) is 25.4 Å². The Morgan fingerprint density at radius 2 is 1.89 bits per heavy atom. The first kappa shape index (κ1) is 24.4. The third-order valence-corrected chi connectivity index (χ3v) is 11.3. The molecule has 0 bridgehead atoms. The number of hydrogen-bond acceptors (Lipinski definition) is 7. The van der Waals surface area contributed by atoms with Gasteiger partial charge in [-0.05, 0) is 69.3 Å². The van der Waals surface area contributed by atoms with Gasteiger partial charge in [-0.25, -0.2) is 0 Å². The molecular formula is C29H38O7. The molecule has 7 nitrogen and oxygen atoms in total. The Hall–Kier alpha value is -1.99. The Morgan fingerprint density at radius 3 is 2.58 bits per heavy atom. The summed E-state index contributed by atoms with van der Waals surface area (Å²) < 4.78 is 25.2. The second kappa shape index (κ2) is 8.00. The number of fused-ring (bicyclic) bond motifs is 4. The zero-order valence-electron chi connectivity index (χ0n) is 21.9. The molecule has 0 amide bonds. The predicted octanol–water partition coefficient (Wildman–Crippen LogP) is 4.00. The maximum atomic E-state index is 13.4. The predicted molar refractivity (Wildman–Crippen MR) is 129 cm³/mol. The molecule has 0 aromatic carbocycles. The zero-order valence-corrected chi connectivity index (χ0v) is 21.9. The van der Waals surface area contributed by atoms with Gasteiger partial charge in [-0.1, -0.05) is 31.6 Å². The van der Waals surface area contributed by atoms with Crippen molar-refractivity contribution in [3.05, 3.63) is 23.8 Å². The molecule has 12 unspecified atom stereocenters. The second-order valence-electron chi connectivity index (χ2n) is 12.6. The van der Waals surface area contributed by atoms with Gasteiger partial charge >= 0.3 is 5.97 Å². The van der Waals surface area contributed by atoms with Crippen LogP contribution < -0.4 is 0 Å². The summed E-state index contributed by atoms with van der Waals surface area (Å²) in [6.45, 7) is 8.64. The SMILES string of the molecule is COC12CC3C(CC=C4CC=CC(=O)C43C)C3CC(OC=O)C(C31)C(C)(C1CC(C)C(C)C(=O)O1)O2. The van der Waals surface area contributed by atoms with Crippen LogP contribution in [0.5, 0.6) is 0 Å². The van der Waals surface area contributed by atoms with Crippen LogP contribution in [0.15, 0.2) is 23.8 Å². The first-order valence-electron chi connectivity index (χ1n) is 13.6. The van der Waals surface area contributed by atoms with E-state index in [1.54, 1.807) is 13.2 Å². The lowest BCUT2D eigenvalue weighted by Gasteiger charge is -2.56. The highest BCUT2D eigenvalue weighted by Crippen LogP contribution is 2.70. The van der Waals surface area contributed by atoms with Gasteiger partial charge in [0.15, 0.2) is 11.6 Å². The van der Waals surface area contributed by atoms with E-state index in [9.17, 15) is 14.4 Å². The van der Waals surface area contributed by atoms with Crippen LogP contribution >= 0.6 is 0 Å². The summed E-state index contributed by atoms with van der Waals surface area (Å²) in [6, 6.07) is 0. The lowest BCUT2D eigenvalue weighted by atomic mass is 9.49. The lowest BCUT2D eigenvalue weighted by molar-refractivity contribution is -0.304. The standard InChI is InChI=1S/C29H38O7/c1-15-11-23(35-26(32)16(15)2)28(4)25-21(34-14-30)12-19-18-10-9-17-7-6-8-22(31)27(17,3)20(18)13-29(33-5,36-28)24(19)25/h6,8-9,14-16,18-21,23-25H,7,10-13H2,1-5H3. The summed E-state index contributed by atoms with van der Waals surface area (Å²) >= 11 is 0. The van der Waals surface area contributed by atoms with Crippen LogP contribution in [0.2, 0.25) is 0 Å². The van der Waals surface area contributed by atoms with Crippen LogP contribution in [0.25, 0.3) is 0 Å². The van der Waals surface area contributed by atoms with Gasteiger partial charge in [-0.15, -0.1) is 0 Å². The Morgan fingerprint density at radius 1 is 1.11 bits per heavy atom. The third kappa shape index (κ3) is 2.96. The molecule has 0 aromatic rings. The van der Waals surface area contributed by atoms with E-state index in [4.69, 9.17) is 18.9 Å². The number of ketones is 1. The second-order valence-corrected chi connectivity index (χ2v) is 12.6. The molecule has 36 heavy (non-hydrogen) atoms. The van der Waals surface area contributed by atoms with Crippen LogP contribution in [0.3, 0.4) is 0 Å². The topological polar surface area (TPSA) is 88.1 Å². The molecule has 0 radical (unpaired) electrons. The molecule has 196 valence electrons. The van der Waals surface area contributed by atoms with Crippen molar-refractivity contribution in [3.8, 4) is 0 Å². The number of rotatable bonds is 4. The van der Waals surface area contributed by atoms with Crippen LogP contribution in [0.4, 0.5) is 0 Å². The van der Waals surface area contributed by atoms with Crippen molar-refractivity contribution in [2.45, 2.75) is 83.4 Å². The summed E-state index contributed by atoms with van der Waals surface area (Å²) in [5.74, 6) is -0.678. The van der Waals surface area contributed by atoms with Crippen LogP contribution in [0.1, 0.15) is 59.8 Å². The van der Waals surface area contributed by atoms with Crippen molar-refractivity contribution in [1.29, 1.82) is 0 Å². The summed E-state index contributed by atoms with van der Waals surface area (Å²) in [7, 11) is 1.69. The van der Waals surface area contributed by atoms with Crippen molar-refractivity contribution in [2.24, 2.45) is 46.8 Å². The molecule has 2 aliphatic heterocycles. The highest BCUT2D eigenvalue weighted by Gasteiger charge is 2.76. The Labute approximate surface area is 212 Å². The third-order valence-electron chi connectivity index (χ3n) is 11.3. The van der Waals surface area contributed by atoms with Gasteiger partial charge in [0.1, 0.15) is 17.8 Å². The van der Waals surface area contributed by atoms with E-state index < -0.39 is 22.9 Å². The molecule has 4 fully saturated rings. The van der Waals surface area contributed by atoms with Crippen molar-refractivity contribution in [3.63, 3.8) is 0 Å². The number of cyclic esters (lactones) is 1. The molecule has 6 rings (SSSR count). The van der Waals surface area contributed by atoms with Crippen molar-refractivity contribution < 1.29 is 33.3 Å². The smallest absolute Gasteiger partial charge is 0.309 e.